The summed E-state index contributed by atoms with van der Waals surface area (Å²) in [6, 6.07) is 10.7. The maximum absolute atomic E-state index is 12.2. The van der Waals surface area contributed by atoms with E-state index in [-0.39, 0.29) is 5.91 Å². The van der Waals surface area contributed by atoms with Gasteiger partial charge in [0.2, 0.25) is 0 Å². The molecule has 1 N–H and O–H groups in total. The largest absolute Gasteiger partial charge is 0.497 e. The molecule has 5 nitrogen and oxygen atoms in total. The molecular formula is C16H18N2O3. The third-order valence-corrected chi connectivity index (χ3v) is 2.93. The SMILES string of the molecule is CC[C@@H](Oc1ccc(OC)cc1)C(=O)Nc1cccnc1. The van der Waals surface area contributed by atoms with Crippen LogP contribution in [0.2, 0.25) is 0 Å². The third kappa shape index (κ3) is 4.21. The highest BCUT2D eigenvalue weighted by atomic mass is 16.5. The number of hydrogen-bond donors (Lipinski definition) is 1. The first-order valence-corrected chi connectivity index (χ1v) is 6.74. The molecule has 0 unspecified atom stereocenters. The molecule has 5 heteroatoms. The first-order chi connectivity index (χ1) is 10.2. The van der Waals surface area contributed by atoms with Crippen LogP contribution in [-0.4, -0.2) is 24.1 Å². The summed E-state index contributed by atoms with van der Waals surface area (Å²) in [5.41, 5.74) is 0.652. The maximum Gasteiger partial charge on any atom is 0.265 e. The fraction of sp³-hybridized carbons (Fsp3) is 0.250. The number of anilines is 1. The van der Waals surface area contributed by atoms with Crippen molar-refractivity contribution in [1.29, 1.82) is 0 Å². The minimum Gasteiger partial charge on any atom is -0.497 e. The Labute approximate surface area is 123 Å². The van der Waals surface area contributed by atoms with E-state index in [2.05, 4.69) is 10.3 Å². The van der Waals surface area contributed by atoms with Crippen LogP contribution < -0.4 is 14.8 Å². The van der Waals surface area contributed by atoms with Crippen LogP contribution in [0.25, 0.3) is 0 Å². The molecule has 2 rings (SSSR count). The zero-order valence-corrected chi connectivity index (χ0v) is 12.1. The van der Waals surface area contributed by atoms with E-state index in [1.807, 2.05) is 6.92 Å². The average molecular weight is 286 g/mol. The lowest BCUT2D eigenvalue weighted by Gasteiger charge is -2.17. The van der Waals surface area contributed by atoms with Crippen molar-refractivity contribution >= 4 is 11.6 Å². The minimum absolute atomic E-state index is 0.193. The molecule has 0 saturated heterocycles. The van der Waals surface area contributed by atoms with Crippen molar-refractivity contribution in [3.05, 3.63) is 48.8 Å². The first-order valence-electron chi connectivity index (χ1n) is 6.74. The second-order valence-corrected chi connectivity index (χ2v) is 4.42. The number of nitrogens with zero attached hydrogens (tertiary/aromatic N) is 1. The van der Waals surface area contributed by atoms with Crippen molar-refractivity contribution in [2.45, 2.75) is 19.4 Å². The van der Waals surface area contributed by atoms with Crippen LogP contribution in [-0.2, 0) is 4.79 Å². The fourth-order valence-corrected chi connectivity index (χ4v) is 1.80. The number of methoxy groups -OCH3 is 1. The molecule has 1 heterocycles. The van der Waals surface area contributed by atoms with Gasteiger partial charge in [0.1, 0.15) is 11.5 Å². The van der Waals surface area contributed by atoms with E-state index in [1.165, 1.54) is 0 Å². The van der Waals surface area contributed by atoms with Crippen LogP contribution >= 0.6 is 0 Å². The summed E-state index contributed by atoms with van der Waals surface area (Å²) >= 11 is 0. The minimum atomic E-state index is -0.557. The predicted molar refractivity (Wildman–Crippen MR) is 80.6 cm³/mol. The molecule has 0 saturated carbocycles. The van der Waals surface area contributed by atoms with E-state index in [4.69, 9.17) is 9.47 Å². The molecule has 1 atom stereocenters. The van der Waals surface area contributed by atoms with E-state index in [9.17, 15) is 4.79 Å². The van der Waals surface area contributed by atoms with Gasteiger partial charge >= 0.3 is 0 Å². The van der Waals surface area contributed by atoms with Crippen molar-refractivity contribution in [1.82, 2.24) is 4.98 Å². The van der Waals surface area contributed by atoms with E-state index in [0.29, 0.717) is 17.9 Å². The third-order valence-electron chi connectivity index (χ3n) is 2.93. The number of rotatable bonds is 6. The molecule has 110 valence electrons. The number of nitrogens with one attached hydrogen (secondary N) is 1. The quantitative estimate of drug-likeness (QED) is 0.887. The Kier molecular flexibility index (Phi) is 5.15. The van der Waals surface area contributed by atoms with Crippen LogP contribution in [0.5, 0.6) is 11.5 Å². The van der Waals surface area contributed by atoms with Gasteiger partial charge in [-0.2, -0.15) is 0 Å². The standard InChI is InChI=1S/C16H18N2O3/c1-3-15(16(19)18-12-5-4-10-17-11-12)21-14-8-6-13(20-2)7-9-14/h4-11,15H,3H2,1-2H3,(H,18,19)/t15-/m1/s1. The smallest absolute Gasteiger partial charge is 0.265 e. The van der Waals surface area contributed by atoms with Crippen molar-refractivity contribution in [3.8, 4) is 11.5 Å². The van der Waals surface area contributed by atoms with Crippen LogP contribution in [0.1, 0.15) is 13.3 Å². The topological polar surface area (TPSA) is 60.5 Å². The summed E-state index contributed by atoms with van der Waals surface area (Å²) in [5.74, 6) is 1.18. The van der Waals surface area contributed by atoms with Gasteiger partial charge in [-0.15, -0.1) is 0 Å². The van der Waals surface area contributed by atoms with Gasteiger partial charge in [0.25, 0.3) is 5.91 Å². The number of carbonyl (C=O) groups is 1. The molecule has 0 aliphatic carbocycles. The Morgan fingerprint density at radius 1 is 1.24 bits per heavy atom. The van der Waals surface area contributed by atoms with Gasteiger partial charge in [0.05, 0.1) is 19.0 Å². The Morgan fingerprint density at radius 2 is 1.95 bits per heavy atom. The lowest BCUT2D eigenvalue weighted by atomic mass is 10.2. The lowest BCUT2D eigenvalue weighted by Crippen LogP contribution is -2.32. The second-order valence-electron chi connectivity index (χ2n) is 4.42. The normalized spacial score (nSPS) is 11.5. The van der Waals surface area contributed by atoms with E-state index >= 15 is 0 Å². The second kappa shape index (κ2) is 7.28. The molecular weight excluding hydrogens is 268 g/mol. The zero-order chi connectivity index (χ0) is 15.1. The molecule has 21 heavy (non-hydrogen) atoms. The lowest BCUT2D eigenvalue weighted by molar-refractivity contribution is -0.122. The van der Waals surface area contributed by atoms with Crippen molar-refractivity contribution < 1.29 is 14.3 Å². The number of amides is 1. The number of ether oxygens (including phenoxy) is 2. The fourth-order valence-electron chi connectivity index (χ4n) is 1.80. The van der Waals surface area contributed by atoms with E-state index in [1.54, 1.807) is 55.9 Å². The van der Waals surface area contributed by atoms with Gasteiger partial charge < -0.3 is 14.8 Å². The van der Waals surface area contributed by atoms with Gasteiger partial charge in [0.15, 0.2) is 6.10 Å². The van der Waals surface area contributed by atoms with Crippen molar-refractivity contribution in [3.63, 3.8) is 0 Å². The number of benzene rings is 1. The Morgan fingerprint density at radius 3 is 2.52 bits per heavy atom. The molecule has 0 bridgehead atoms. The monoisotopic (exact) mass is 286 g/mol. The molecule has 0 aliphatic heterocycles. The van der Waals surface area contributed by atoms with Gasteiger partial charge in [-0.3, -0.25) is 9.78 Å². The van der Waals surface area contributed by atoms with Crippen LogP contribution in [0.4, 0.5) is 5.69 Å². The summed E-state index contributed by atoms with van der Waals surface area (Å²) in [6.07, 6.45) is 3.26. The Bertz CT molecular complexity index is 570. The van der Waals surface area contributed by atoms with Gasteiger partial charge in [-0.1, -0.05) is 6.92 Å². The van der Waals surface area contributed by atoms with Crippen LogP contribution in [0, 0.1) is 0 Å². The van der Waals surface area contributed by atoms with Crippen molar-refractivity contribution in [2.24, 2.45) is 0 Å². The summed E-state index contributed by atoms with van der Waals surface area (Å²) in [4.78, 5) is 16.1. The molecule has 2 aromatic rings. The molecule has 0 radical (unpaired) electrons. The summed E-state index contributed by atoms with van der Waals surface area (Å²) in [7, 11) is 1.60. The molecule has 0 spiro atoms. The van der Waals surface area contributed by atoms with Gasteiger partial charge in [-0.05, 0) is 42.8 Å². The summed E-state index contributed by atoms with van der Waals surface area (Å²) in [5, 5.41) is 2.78. The predicted octanol–water partition coefficient (Wildman–Crippen LogP) is 2.89. The summed E-state index contributed by atoms with van der Waals surface area (Å²) < 4.78 is 10.8. The van der Waals surface area contributed by atoms with Crippen LogP contribution in [0.3, 0.4) is 0 Å². The Hall–Kier alpha value is -2.56. The number of aromatic nitrogens is 1. The highest BCUT2D eigenvalue weighted by Crippen LogP contribution is 2.19. The highest BCUT2D eigenvalue weighted by molar-refractivity contribution is 5.94. The van der Waals surface area contributed by atoms with Crippen LogP contribution in [0.15, 0.2) is 48.8 Å². The number of pyridine rings is 1. The Balaban J connectivity index is 1.99. The molecule has 1 amide bonds. The number of carbonyl (C=O) groups excluding carboxylic acids is 1. The molecule has 0 aliphatic rings. The molecule has 0 fully saturated rings. The summed E-state index contributed by atoms with van der Waals surface area (Å²) in [6.45, 7) is 1.90. The van der Waals surface area contributed by atoms with Crippen molar-refractivity contribution in [2.75, 3.05) is 12.4 Å². The van der Waals surface area contributed by atoms with Gasteiger partial charge in [-0.25, -0.2) is 0 Å². The first kappa shape index (κ1) is 14.8. The number of hydrogen-bond acceptors (Lipinski definition) is 4. The maximum atomic E-state index is 12.2. The van der Waals surface area contributed by atoms with Gasteiger partial charge in [0, 0.05) is 6.20 Å². The van der Waals surface area contributed by atoms with E-state index in [0.717, 1.165) is 5.75 Å². The molecule has 1 aromatic carbocycles. The highest BCUT2D eigenvalue weighted by Gasteiger charge is 2.18. The van der Waals surface area contributed by atoms with E-state index < -0.39 is 6.10 Å². The zero-order valence-electron chi connectivity index (χ0n) is 12.1. The average Bonchev–Trinajstić information content (AvgIpc) is 2.54. The molecule has 1 aromatic heterocycles.